The molecular formula is C13H18OS. The lowest BCUT2D eigenvalue weighted by Crippen LogP contribution is -1.93. The molecule has 0 radical (unpaired) electrons. The van der Waals surface area contributed by atoms with Gasteiger partial charge in [0.2, 0.25) is 0 Å². The SMILES string of the molecule is C=CCc1csc(C=O)c1CCCCC. The minimum Gasteiger partial charge on any atom is -0.297 e. The van der Waals surface area contributed by atoms with Crippen molar-refractivity contribution in [2.75, 3.05) is 0 Å². The molecule has 1 aromatic heterocycles. The van der Waals surface area contributed by atoms with Crippen molar-refractivity contribution in [2.24, 2.45) is 0 Å². The highest BCUT2D eigenvalue weighted by atomic mass is 32.1. The lowest BCUT2D eigenvalue weighted by molar-refractivity contribution is 0.112. The van der Waals surface area contributed by atoms with Crippen molar-refractivity contribution in [1.29, 1.82) is 0 Å². The minimum absolute atomic E-state index is 0.881. The summed E-state index contributed by atoms with van der Waals surface area (Å²) in [5.41, 5.74) is 2.54. The van der Waals surface area contributed by atoms with E-state index in [1.165, 1.54) is 30.4 Å². The van der Waals surface area contributed by atoms with Crippen LogP contribution in [0.25, 0.3) is 0 Å². The largest absolute Gasteiger partial charge is 0.297 e. The van der Waals surface area contributed by atoms with Crippen molar-refractivity contribution < 1.29 is 4.79 Å². The van der Waals surface area contributed by atoms with Gasteiger partial charge in [-0.1, -0.05) is 25.8 Å². The van der Waals surface area contributed by atoms with E-state index in [1.54, 1.807) is 11.3 Å². The fraction of sp³-hybridized carbons (Fsp3) is 0.462. The van der Waals surface area contributed by atoms with Gasteiger partial charge >= 0.3 is 0 Å². The molecule has 0 saturated carbocycles. The Morgan fingerprint density at radius 2 is 2.27 bits per heavy atom. The van der Waals surface area contributed by atoms with Gasteiger partial charge in [-0.25, -0.2) is 0 Å². The molecule has 0 unspecified atom stereocenters. The van der Waals surface area contributed by atoms with Gasteiger partial charge in [0.05, 0.1) is 4.88 Å². The Hall–Kier alpha value is -0.890. The third-order valence-electron chi connectivity index (χ3n) is 2.51. The van der Waals surface area contributed by atoms with E-state index in [-0.39, 0.29) is 0 Å². The van der Waals surface area contributed by atoms with Crippen LogP contribution in [0.2, 0.25) is 0 Å². The fourth-order valence-electron chi connectivity index (χ4n) is 1.70. The smallest absolute Gasteiger partial charge is 0.160 e. The molecule has 0 spiro atoms. The Morgan fingerprint density at radius 1 is 1.47 bits per heavy atom. The minimum atomic E-state index is 0.881. The summed E-state index contributed by atoms with van der Waals surface area (Å²) in [5, 5.41) is 2.09. The predicted octanol–water partition coefficient (Wildman–Crippen LogP) is 4.02. The van der Waals surface area contributed by atoms with E-state index < -0.39 is 0 Å². The van der Waals surface area contributed by atoms with E-state index in [1.807, 2.05) is 6.08 Å². The maximum atomic E-state index is 10.9. The quantitative estimate of drug-likeness (QED) is 0.387. The number of hydrogen-bond acceptors (Lipinski definition) is 2. The normalized spacial score (nSPS) is 10.2. The number of allylic oxidation sites excluding steroid dienone is 1. The van der Waals surface area contributed by atoms with Crippen molar-refractivity contribution in [3.05, 3.63) is 34.0 Å². The molecule has 1 nitrogen and oxygen atoms in total. The van der Waals surface area contributed by atoms with Gasteiger partial charge < -0.3 is 0 Å². The highest BCUT2D eigenvalue weighted by Crippen LogP contribution is 2.24. The molecule has 0 aliphatic heterocycles. The third kappa shape index (κ3) is 3.31. The number of unbranched alkanes of at least 4 members (excludes halogenated alkanes) is 2. The van der Waals surface area contributed by atoms with Crippen molar-refractivity contribution in [3.8, 4) is 0 Å². The standard InChI is InChI=1S/C13H18OS/c1-3-5-6-8-12-11(7-4-2)10-15-13(12)9-14/h4,9-10H,2-3,5-8H2,1H3. The summed E-state index contributed by atoms with van der Waals surface area (Å²) in [6.07, 6.45) is 8.44. The summed E-state index contributed by atoms with van der Waals surface area (Å²) in [4.78, 5) is 11.8. The average molecular weight is 222 g/mol. The van der Waals surface area contributed by atoms with Crippen LogP contribution in [0.4, 0.5) is 0 Å². The number of aldehydes is 1. The van der Waals surface area contributed by atoms with Gasteiger partial charge in [-0.15, -0.1) is 17.9 Å². The topological polar surface area (TPSA) is 17.1 Å². The molecule has 82 valence electrons. The molecule has 0 atom stereocenters. The van der Waals surface area contributed by atoms with Crippen molar-refractivity contribution in [3.63, 3.8) is 0 Å². The van der Waals surface area contributed by atoms with Gasteiger partial charge in [0, 0.05) is 0 Å². The average Bonchev–Trinajstić information content (AvgIpc) is 2.62. The Kier molecular flexibility index (Phi) is 5.33. The molecule has 0 fully saturated rings. The summed E-state index contributed by atoms with van der Waals surface area (Å²) in [6.45, 7) is 5.94. The number of carbonyl (C=O) groups is 1. The van der Waals surface area contributed by atoms with Crippen LogP contribution in [0.15, 0.2) is 18.0 Å². The Balaban J connectivity index is 2.74. The highest BCUT2D eigenvalue weighted by Gasteiger charge is 2.09. The Morgan fingerprint density at radius 3 is 2.87 bits per heavy atom. The molecular weight excluding hydrogens is 204 g/mol. The number of carbonyl (C=O) groups excluding carboxylic acids is 1. The van der Waals surface area contributed by atoms with Crippen LogP contribution in [0.1, 0.15) is 47.0 Å². The van der Waals surface area contributed by atoms with Gasteiger partial charge in [-0.2, -0.15) is 0 Å². The van der Waals surface area contributed by atoms with Crippen LogP contribution >= 0.6 is 11.3 Å². The van der Waals surface area contributed by atoms with Gasteiger partial charge in [0.15, 0.2) is 6.29 Å². The van der Waals surface area contributed by atoms with E-state index >= 15 is 0 Å². The lowest BCUT2D eigenvalue weighted by atomic mass is 10.0. The fourth-order valence-corrected chi connectivity index (χ4v) is 2.64. The van der Waals surface area contributed by atoms with Crippen LogP contribution in [0, 0.1) is 0 Å². The first-order valence-corrected chi connectivity index (χ1v) is 6.36. The molecule has 0 saturated heterocycles. The van der Waals surface area contributed by atoms with Crippen molar-refractivity contribution in [1.82, 2.24) is 0 Å². The molecule has 0 aliphatic rings. The highest BCUT2D eigenvalue weighted by molar-refractivity contribution is 7.12. The summed E-state index contributed by atoms with van der Waals surface area (Å²) in [7, 11) is 0. The molecule has 2 heteroatoms. The molecule has 15 heavy (non-hydrogen) atoms. The maximum Gasteiger partial charge on any atom is 0.160 e. The molecule has 0 bridgehead atoms. The van der Waals surface area contributed by atoms with E-state index in [9.17, 15) is 4.79 Å². The van der Waals surface area contributed by atoms with E-state index in [2.05, 4.69) is 18.9 Å². The predicted molar refractivity (Wildman–Crippen MR) is 66.8 cm³/mol. The Labute approximate surface area is 95.8 Å². The van der Waals surface area contributed by atoms with Crippen molar-refractivity contribution in [2.45, 2.75) is 39.0 Å². The zero-order valence-corrected chi connectivity index (χ0v) is 10.1. The van der Waals surface area contributed by atoms with Gasteiger partial charge in [-0.3, -0.25) is 4.79 Å². The molecule has 0 amide bonds. The number of rotatable bonds is 7. The van der Waals surface area contributed by atoms with Gasteiger partial charge in [0.25, 0.3) is 0 Å². The van der Waals surface area contributed by atoms with Crippen LogP contribution in [0.3, 0.4) is 0 Å². The summed E-state index contributed by atoms with van der Waals surface area (Å²) in [6, 6.07) is 0. The molecule has 0 aliphatic carbocycles. The second kappa shape index (κ2) is 6.57. The number of thiophene rings is 1. The second-order valence-corrected chi connectivity index (χ2v) is 4.58. The van der Waals surface area contributed by atoms with E-state index in [4.69, 9.17) is 0 Å². The van der Waals surface area contributed by atoms with Crippen LogP contribution in [0.5, 0.6) is 0 Å². The van der Waals surface area contributed by atoms with Crippen LogP contribution in [-0.4, -0.2) is 6.29 Å². The molecule has 1 rings (SSSR count). The second-order valence-electron chi connectivity index (χ2n) is 3.67. The van der Waals surface area contributed by atoms with Crippen LogP contribution < -0.4 is 0 Å². The zero-order chi connectivity index (χ0) is 11.1. The third-order valence-corrected chi connectivity index (χ3v) is 3.51. The number of hydrogen-bond donors (Lipinski definition) is 0. The molecule has 1 aromatic rings. The first kappa shape index (κ1) is 12.2. The van der Waals surface area contributed by atoms with E-state index in [0.717, 1.165) is 24.0 Å². The summed E-state index contributed by atoms with van der Waals surface area (Å²) < 4.78 is 0. The molecule has 0 aromatic carbocycles. The summed E-state index contributed by atoms with van der Waals surface area (Å²) >= 11 is 1.56. The van der Waals surface area contributed by atoms with Gasteiger partial charge in [0.1, 0.15) is 0 Å². The molecule has 1 heterocycles. The van der Waals surface area contributed by atoms with E-state index in [0.29, 0.717) is 0 Å². The lowest BCUT2D eigenvalue weighted by Gasteiger charge is -2.02. The first-order chi connectivity index (χ1) is 7.33. The maximum absolute atomic E-state index is 10.9. The van der Waals surface area contributed by atoms with Crippen molar-refractivity contribution >= 4 is 17.6 Å². The Bertz CT molecular complexity index is 325. The van der Waals surface area contributed by atoms with Crippen LogP contribution in [-0.2, 0) is 12.8 Å². The monoisotopic (exact) mass is 222 g/mol. The van der Waals surface area contributed by atoms with Gasteiger partial charge in [-0.05, 0) is 35.8 Å². The molecule has 0 N–H and O–H groups in total. The summed E-state index contributed by atoms with van der Waals surface area (Å²) in [5.74, 6) is 0. The zero-order valence-electron chi connectivity index (χ0n) is 9.29. The first-order valence-electron chi connectivity index (χ1n) is 5.48.